The molecule has 4 nitrogen and oxygen atoms in total. The summed E-state index contributed by atoms with van der Waals surface area (Å²) in [5.74, 6) is 0.0725. The Morgan fingerprint density at radius 1 is 0.963 bits per heavy atom. The molecule has 0 bridgehead atoms. The van der Waals surface area contributed by atoms with Crippen molar-refractivity contribution in [2.24, 2.45) is 0 Å². The fourth-order valence-corrected chi connectivity index (χ4v) is 3.48. The second kappa shape index (κ2) is 7.94. The minimum atomic E-state index is -0.255. The van der Waals surface area contributed by atoms with Crippen LogP contribution < -0.4 is 0 Å². The van der Waals surface area contributed by atoms with Gasteiger partial charge in [0, 0.05) is 31.7 Å². The number of hydrogen-bond donors (Lipinski definition) is 0. The van der Waals surface area contributed by atoms with E-state index in [0.717, 1.165) is 11.1 Å². The third kappa shape index (κ3) is 4.37. The van der Waals surface area contributed by atoms with Gasteiger partial charge in [0.15, 0.2) is 0 Å². The topological polar surface area (TPSA) is 47.3 Å². The average molecular weight is 361 g/mol. The lowest BCUT2D eigenvalue weighted by molar-refractivity contribution is 0.0606. The predicted octanol–water partition coefficient (Wildman–Crippen LogP) is 4.01. The van der Waals surface area contributed by atoms with E-state index in [2.05, 4.69) is 31.7 Å². The molecule has 3 rings (SSSR count). The second-order valence-electron chi connectivity index (χ2n) is 8.10. The summed E-state index contributed by atoms with van der Waals surface area (Å²) in [7, 11) is 0. The van der Waals surface area contributed by atoms with Crippen molar-refractivity contribution in [2.45, 2.75) is 32.2 Å². The number of benzene rings is 2. The largest absolute Gasteiger partial charge is 0.336 e. The van der Waals surface area contributed by atoms with Crippen molar-refractivity contribution >= 4 is 5.91 Å². The number of rotatable bonds is 3. The Bertz CT molecular complexity index is 807. The van der Waals surface area contributed by atoms with Gasteiger partial charge in [-0.05, 0) is 28.7 Å². The minimum absolute atomic E-state index is 0.0725. The number of carbonyl (C=O) groups excluding carboxylic acids is 1. The van der Waals surface area contributed by atoms with E-state index >= 15 is 0 Å². The normalized spacial score (nSPS) is 16.6. The van der Waals surface area contributed by atoms with Crippen molar-refractivity contribution in [3.05, 3.63) is 71.3 Å². The molecule has 140 valence electrons. The minimum Gasteiger partial charge on any atom is -0.336 e. The molecule has 27 heavy (non-hydrogen) atoms. The van der Waals surface area contributed by atoms with Crippen LogP contribution >= 0.6 is 0 Å². The molecule has 0 saturated carbocycles. The molecule has 4 heteroatoms. The number of piperazine rings is 1. The maximum absolute atomic E-state index is 12.8. The molecule has 0 spiro atoms. The van der Waals surface area contributed by atoms with Crippen LogP contribution in [0.3, 0.4) is 0 Å². The van der Waals surface area contributed by atoms with E-state index in [4.69, 9.17) is 0 Å². The quantitative estimate of drug-likeness (QED) is 0.830. The number of carbonyl (C=O) groups is 1. The van der Waals surface area contributed by atoms with Crippen molar-refractivity contribution in [1.29, 1.82) is 5.26 Å². The van der Waals surface area contributed by atoms with Gasteiger partial charge in [-0.1, -0.05) is 63.2 Å². The smallest absolute Gasteiger partial charge is 0.253 e. The zero-order valence-electron chi connectivity index (χ0n) is 16.4. The Balaban J connectivity index is 1.63. The van der Waals surface area contributed by atoms with E-state index in [1.54, 1.807) is 0 Å². The number of nitrogens with zero attached hydrogens (tertiary/aromatic N) is 3. The molecule has 1 atom stereocenters. The molecular weight excluding hydrogens is 334 g/mol. The summed E-state index contributed by atoms with van der Waals surface area (Å²) < 4.78 is 0. The molecule has 0 radical (unpaired) electrons. The summed E-state index contributed by atoms with van der Waals surface area (Å²) in [6, 6.07) is 20.0. The van der Waals surface area contributed by atoms with Gasteiger partial charge in [-0.25, -0.2) is 0 Å². The Morgan fingerprint density at radius 3 is 2.07 bits per heavy atom. The van der Waals surface area contributed by atoms with Crippen LogP contribution in [0.4, 0.5) is 0 Å². The first-order chi connectivity index (χ1) is 12.9. The zero-order chi connectivity index (χ0) is 19.4. The van der Waals surface area contributed by atoms with Gasteiger partial charge < -0.3 is 4.90 Å². The summed E-state index contributed by atoms with van der Waals surface area (Å²) in [5.41, 5.74) is 3.05. The molecule has 1 fully saturated rings. The van der Waals surface area contributed by atoms with Crippen LogP contribution in [-0.2, 0) is 5.41 Å². The van der Waals surface area contributed by atoms with Crippen LogP contribution in [0, 0.1) is 11.3 Å². The second-order valence-corrected chi connectivity index (χ2v) is 8.10. The monoisotopic (exact) mass is 361 g/mol. The molecule has 0 aliphatic carbocycles. The first-order valence-electron chi connectivity index (χ1n) is 9.48. The molecule has 0 unspecified atom stereocenters. The molecule has 0 N–H and O–H groups in total. The molecule has 0 aromatic heterocycles. The summed E-state index contributed by atoms with van der Waals surface area (Å²) in [4.78, 5) is 16.9. The number of amides is 1. The van der Waals surface area contributed by atoms with Gasteiger partial charge in [-0.15, -0.1) is 0 Å². The first kappa shape index (κ1) is 19.1. The van der Waals surface area contributed by atoms with Gasteiger partial charge in [-0.3, -0.25) is 9.69 Å². The highest BCUT2D eigenvalue weighted by Crippen LogP contribution is 2.24. The molecule has 1 amide bonds. The lowest BCUT2D eigenvalue weighted by Crippen LogP contribution is -2.49. The highest BCUT2D eigenvalue weighted by Gasteiger charge is 2.27. The Hall–Kier alpha value is -2.64. The van der Waals surface area contributed by atoms with Gasteiger partial charge in [0.05, 0.1) is 6.07 Å². The Morgan fingerprint density at radius 2 is 1.56 bits per heavy atom. The third-order valence-corrected chi connectivity index (χ3v) is 5.20. The standard InChI is InChI=1S/C23H27N3O/c1-23(2,3)20-11-9-19(10-12-20)22(27)26-15-13-25(14-16-26)21(17-24)18-7-5-4-6-8-18/h4-12,21H,13-16H2,1-3H3/t21-/m0/s1. The fraction of sp³-hybridized carbons (Fsp3) is 0.391. The van der Waals surface area contributed by atoms with E-state index in [-0.39, 0.29) is 17.4 Å². The van der Waals surface area contributed by atoms with Gasteiger partial charge in [0.1, 0.15) is 6.04 Å². The summed E-state index contributed by atoms with van der Waals surface area (Å²) >= 11 is 0. The first-order valence-corrected chi connectivity index (χ1v) is 9.48. The molecule has 1 aliphatic heterocycles. The van der Waals surface area contributed by atoms with Crippen molar-refractivity contribution in [3.63, 3.8) is 0 Å². The van der Waals surface area contributed by atoms with E-state index in [0.29, 0.717) is 26.2 Å². The van der Waals surface area contributed by atoms with E-state index in [1.165, 1.54) is 5.56 Å². The summed E-state index contributed by atoms with van der Waals surface area (Å²) in [5, 5.41) is 9.60. The van der Waals surface area contributed by atoms with E-state index in [1.807, 2.05) is 59.5 Å². The van der Waals surface area contributed by atoms with Gasteiger partial charge in [0.2, 0.25) is 0 Å². The summed E-state index contributed by atoms with van der Waals surface area (Å²) in [6.07, 6.45) is 0. The van der Waals surface area contributed by atoms with Crippen LogP contribution in [0.1, 0.15) is 48.3 Å². The zero-order valence-corrected chi connectivity index (χ0v) is 16.4. The van der Waals surface area contributed by atoms with E-state index in [9.17, 15) is 10.1 Å². The van der Waals surface area contributed by atoms with Crippen LogP contribution in [0.25, 0.3) is 0 Å². The van der Waals surface area contributed by atoms with E-state index < -0.39 is 0 Å². The van der Waals surface area contributed by atoms with Gasteiger partial charge in [-0.2, -0.15) is 5.26 Å². The van der Waals surface area contributed by atoms with Crippen LogP contribution in [0.2, 0.25) is 0 Å². The Kier molecular flexibility index (Phi) is 5.62. The van der Waals surface area contributed by atoms with Crippen LogP contribution in [0.5, 0.6) is 0 Å². The lowest BCUT2D eigenvalue weighted by Gasteiger charge is -2.37. The molecule has 2 aromatic rings. The number of nitriles is 1. The van der Waals surface area contributed by atoms with Crippen LogP contribution in [-0.4, -0.2) is 41.9 Å². The maximum atomic E-state index is 12.8. The molecule has 2 aromatic carbocycles. The highest BCUT2D eigenvalue weighted by atomic mass is 16.2. The highest BCUT2D eigenvalue weighted by molar-refractivity contribution is 5.94. The third-order valence-electron chi connectivity index (χ3n) is 5.20. The molecule has 1 heterocycles. The van der Waals surface area contributed by atoms with Crippen molar-refractivity contribution in [3.8, 4) is 6.07 Å². The fourth-order valence-electron chi connectivity index (χ4n) is 3.48. The van der Waals surface area contributed by atoms with Crippen molar-refractivity contribution < 1.29 is 4.79 Å². The molecule has 1 aliphatic rings. The summed E-state index contributed by atoms with van der Waals surface area (Å²) in [6.45, 7) is 9.21. The SMILES string of the molecule is CC(C)(C)c1ccc(C(=O)N2CCN([C@@H](C#N)c3ccccc3)CC2)cc1. The molecule has 1 saturated heterocycles. The predicted molar refractivity (Wildman–Crippen MR) is 107 cm³/mol. The molecular formula is C23H27N3O. The number of hydrogen-bond acceptors (Lipinski definition) is 3. The van der Waals surface area contributed by atoms with Crippen molar-refractivity contribution in [2.75, 3.05) is 26.2 Å². The Labute approximate surface area is 162 Å². The van der Waals surface area contributed by atoms with Gasteiger partial charge in [0.25, 0.3) is 5.91 Å². The average Bonchev–Trinajstić information content (AvgIpc) is 2.69. The van der Waals surface area contributed by atoms with Crippen molar-refractivity contribution in [1.82, 2.24) is 9.80 Å². The van der Waals surface area contributed by atoms with Gasteiger partial charge >= 0.3 is 0 Å². The maximum Gasteiger partial charge on any atom is 0.253 e. The lowest BCUT2D eigenvalue weighted by atomic mass is 9.86. The van der Waals surface area contributed by atoms with Crippen LogP contribution in [0.15, 0.2) is 54.6 Å².